The highest BCUT2D eigenvalue weighted by Crippen LogP contribution is 2.20. The lowest BCUT2D eigenvalue weighted by molar-refractivity contribution is -0.121. The van der Waals surface area contributed by atoms with Gasteiger partial charge in [0.1, 0.15) is 5.75 Å². The van der Waals surface area contributed by atoms with Crippen molar-refractivity contribution >= 4 is 29.0 Å². The fourth-order valence-electron chi connectivity index (χ4n) is 2.95. The van der Waals surface area contributed by atoms with Crippen molar-refractivity contribution in [2.75, 3.05) is 44.7 Å². The van der Waals surface area contributed by atoms with Crippen LogP contribution in [0, 0.1) is 0 Å². The summed E-state index contributed by atoms with van der Waals surface area (Å²) in [6, 6.07) is 11.4. The first kappa shape index (κ1) is 19.2. The molecule has 0 radical (unpaired) electrons. The van der Waals surface area contributed by atoms with Crippen LogP contribution >= 0.6 is 11.3 Å². The molecule has 1 fully saturated rings. The highest BCUT2D eigenvalue weighted by atomic mass is 32.1. The van der Waals surface area contributed by atoms with Crippen LogP contribution in [-0.2, 0) is 11.3 Å². The predicted octanol–water partition coefficient (Wildman–Crippen LogP) is 1.90. The third kappa shape index (κ3) is 5.70. The molecule has 7 nitrogen and oxygen atoms in total. The first-order valence-electron chi connectivity index (χ1n) is 8.85. The van der Waals surface area contributed by atoms with Crippen molar-refractivity contribution in [2.45, 2.75) is 6.54 Å². The Hall–Kier alpha value is -2.58. The third-order valence-corrected chi connectivity index (χ3v) is 5.31. The number of ether oxygens (including phenoxy) is 1. The molecule has 1 aliphatic rings. The third-order valence-electron chi connectivity index (χ3n) is 4.43. The summed E-state index contributed by atoms with van der Waals surface area (Å²) in [4.78, 5) is 29.3. The van der Waals surface area contributed by atoms with Gasteiger partial charge in [0.25, 0.3) is 0 Å². The molecular weight excluding hydrogens is 364 g/mol. The summed E-state index contributed by atoms with van der Waals surface area (Å²) in [5, 5.41) is 7.04. The molecule has 1 aromatic carbocycles. The Morgan fingerprint density at radius 3 is 2.48 bits per heavy atom. The van der Waals surface area contributed by atoms with Crippen molar-refractivity contribution < 1.29 is 14.3 Å². The molecule has 0 saturated carbocycles. The number of nitrogens with zero attached hydrogens (tertiary/aromatic N) is 2. The van der Waals surface area contributed by atoms with Crippen molar-refractivity contribution in [2.24, 2.45) is 0 Å². The highest BCUT2D eigenvalue weighted by molar-refractivity contribution is 7.09. The molecular formula is C19H24N4O3S. The smallest absolute Gasteiger partial charge is 0.321 e. The zero-order chi connectivity index (χ0) is 19.1. The molecule has 1 aliphatic heterocycles. The molecule has 0 atom stereocenters. The number of rotatable bonds is 6. The Morgan fingerprint density at radius 1 is 1.11 bits per heavy atom. The quantitative estimate of drug-likeness (QED) is 0.791. The van der Waals surface area contributed by atoms with Crippen molar-refractivity contribution in [3.05, 3.63) is 46.7 Å². The molecule has 3 rings (SSSR count). The van der Waals surface area contributed by atoms with Gasteiger partial charge in [0.15, 0.2) is 0 Å². The van der Waals surface area contributed by atoms with Gasteiger partial charge in [0.05, 0.1) is 20.2 Å². The first-order chi connectivity index (χ1) is 13.1. The van der Waals surface area contributed by atoms with E-state index in [9.17, 15) is 9.59 Å². The maximum atomic E-state index is 12.1. The lowest BCUT2D eigenvalue weighted by Gasteiger charge is -2.35. The van der Waals surface area contributed by atoms with E-state index in [1.54, 1.807) is 18.4 Å². The summed E-state index contributed by atoms with van der Waals surface area (Å²) in [5.41, 5.74) is 1.15. The van der Waals surface area contributed by atoms with Crippen LogP contribution in [0.3, 0.4) is 0 Å². The van der Waals surface area contributed by atoms with Gasteiger partial charge < -0.3 is 15.0 Å². The molecule has 2 N–H and O–H groups in total. The van der Waals surface area contributed by atoms with E-state index in [0.717, 1.165) is 42.5 Å². The van der Waals surface area contributed by atoms with Crippen LogP contribution in [0.2, 0.25) is 0 Å². The molecule has 1 aromatic heterocycles. The Kier molecular flexibility index (Phi) is 6.67. The van der Waals surface area contributed by atoms with Gasteiger partial charge in [-0.2, -0.15) is 0 Å². The van der Waals surface area contributed by atoms with Gasteiger partial charge in [-0.3, -0.25) is 15.0 Å². The second-order valence-corrected chi connectivity index (χ2v) is 7.30. The van der Waals surface area contributed by atoms with Gasteiger partial charge in [0, 0.05) is 36.7 Å². The number of anilines is 1. The number of benzene rings is 1. The predicted molar refractivity (Wildman–Crippen MR) is 106 cm³/mol. The number of imide groups is 1. The van der Waals surface area contributed by atoms with Crippen molar-refractivity contribution in [1.29, 1.82) is 0 Å². The lowest BCUT2D eigenvalue weighted by Crippen LogP contribution is -2.51. The number of methoxy groups -OCH3 is 1. The van der Waals surface area contributed by atoms with E-state index in [4.69, 9.17) is 4.74 Å². The molecule has 0 bridgehead atoms. The number of carbonyl (C=O) groups excluding carboxylic acids is 2. The van der Waals surface area contributed by atoms with Crippen molar-refractivity contribution in [3.8, 4) is 5.75 Å². The molecule has 2 heterocycles. The molecule has 0 spiro atoms. The first-order valence-corrected chi connectivity index (χ1v) is 9.73. The summed E-state index contributed by atoms with van der Waals surface area (Å²) in [6.45, 7) is 3.88. The SMILES string of the molecule is COc1ccc(N2CCN(CC(=O)NC(=O)NCc3cccs3)CC2)cc1. The maximum absolute atomic E-state index is 12.1. The standard InChI is InChI=1S/C19H24N4O3S/c1-26-16-6-4-15(5-7-16)23-10-8-22(9-11-23)14-18(24)21-19(25)20-13-17-3-2-12-27-17/h2-7,12H,8-11,13-14H2,1H3,(H2,20,21,24,25). The second kappa shape index (κ2) is 9.38. The summed E-state index contributed by atoms with van der Waals surface area (Å²) in [5.74, 6) is 0.558. The van der Waals surface area contributed by atoms with Crippen LogP contribution in [0.15, 0.2) is 41.8 Å². The molecule has 8 heteroatoms. The average Bonchev–Trinajstić information content (AvgIpc) is 3.21. The van der Waals surface area contributed by atoms with Gasteiger partial charge in [-0.25, -0.2) is 4.79 Å². The monoisotopic (exact) mass is 388 g/mol. The molecule has 0 aliphatic carbocycles. The van der Waals surface area contributed by atoms with Gasteiger partial charge in [-0.05, 0) is 35.7 Å². The largest absolute Gasteiger partial charge is 0.497 e. The van der Waals surface area contributed by atoms with Crippen LogP contribution < -0.4 is 20.3 Å². The van der Waals surface area contributed by atoms with Gasteiger partial charge in [0.2, 0.25) is 5.91 Å². The van der Waals surface area contributed by atoms with Crippen molar-refractivity contribution in [3.63, 3.8) is 0 Å². The Morgan fingerprint density at radius 2 is 1.85 bits per heavy atom. The van der Waals surface area contributed by atoms with Crippen LogP contribution in [0.1, 0.15) is 4.88 Å². The van der Waals surface area contributed by atoms with Gasteiger partial charge in [-0.1, -0.05) is 6.07 Å². The number of amides is 3. The average molecular weight is 388 g/mol. The van der Waals surface area contributed by atoms with E-state index in [1.807, 2.05) is 41.8 Å². The minimum Gasteiger partial charge on any atom is -0.497 e. The van der Waals surface area contributed by atoms with Crippen LogP contribution in [0.25, 0.3) is 0 Å². The number of nitrogens with one attached hydrogen (secondary N) is 2. The minimum atomic E-state index is -0.453. The Balaban J connectivity index is 1.37. The zero-order valence-corrected chi connectivity index (χ0v) is 16.1. The Labute approximate surface area is 162 Å². The molecule has 1 saturated heterocycles. The number of piperazine rings is 1. The lowest BCUT2D eigenvalue weighted by atomic mass is 10.2. The number of hydrogen-bond donors (Lipinski definition) is 2. The second-order valence-electron chi connectivity index (χ2n) is 6.27. The van der Waals surface area contributed by atoms with E-state index < -0.39 is 6.03 Å². The maximum Gasteiger partial charge on any atom is 0.321 e. The van der Waals surface area contributed by atoms with E-state index >= 15 is 0 Å². The normalized spacial score (nSPS) is 14.6. The fourth-order valence-corrected chi connectivity index (χ4v) is 3.60. The summed E-state index contributed by atoms with van der Waals surface area (Å²) < 4.78 is 5.18. The van der Waals surface area contributed by atoms with Crippen molar-refractivity contribution in [1.82, 2.24) is 15.5 Å². The van der Waals surface area contributed by atoms with E-state index in [2.05, 4.69) is 20.4 Å². The summed E-state index contributed by atoms with van der Waals surface area (Å²) >= 11 is 1.57. The van der Waals surface area contributed by atoms with E-state index in [-0.39, 0.29) is 12.5 Å². The minimum absolute atomic E-state index is 0.225. The van der Waals surface area contributed by atoms with E-state index in [0.29, 0.717) is 6.54 Å². The van der Waals surface area contributed by atoms with Crippen LogP contribution in [-0.4, -0.2) is 56.7 Å². The molecule has 27 heavy (non-hydrogen) atoms. The van der Waals surface area contributed by atoms with Gasteiger partial charge in [-0.15, -0.1) is 11.3 Å². The Bertz CT molecular complexity index is 741. The number of urea groups is 1. The van der Waals surface area contributed by atoms with E-state index in [1.165, 1.54) is 0 Å². The molecule has 0 unspecified atom stereocenters. The zero-order valence-electron chi connectivity index (χ0n) is 15.3. The summed E-state index contributed by atoms with van der Waals surface area (Å²) in [6.07, 6.45) is 0. The molecule has 144 valence electrons. The highest BCUT2D eigenvalue weighted by Gasteiger charge is 2.20. The topological polar surface area (TPSA) is 73.9 Å². The number of carbonyl (C=O) groups is 2. The van der Waals surface area contributed by atoms with Crippen LogP contribution in [0.4, 0.5) is 10.5 Å². The number of hydrogen-bond acceptors (Lipinski definition) is 6. The molecule has 2 aromatic rings. The van der Waals surface area contributed by atoms with Gasteiger partial charge >= 0.3 is 6.03 Å². The molecule has 3 amide bonds. The fraction of sp³-hybridized carbons (Fsp3) is 0.368. The summed E-state index contributed by atoms with van der Waals surface area (Å²) in [7, 11) is 1.65. The van der Waals surface area contributed by atoms with Crippen LogP contribution in [0.5, 0.6) is 5.75 Å². The number of thiophene rings is 1.